The quantitative estimate of drug-likeness (QED) is 0.659. The van der Waals surface area contributed by atoms with Gasteiger partial charge in [0.1, 0.15) is 6.61 Å². The Morgan fingerprint density at radius 1 is 1.06 bits per heavy atom. The van der Waals surface area contributed by atoms with Crippen LogP contribution < -0.4 is 5.32 Å². The van der Waals surface area contributed by atoms with Crippen LogP contribution in [0.15, 0.2) is 48.5 Å². The van der Waals surface area contributed by atoms with E-state index in [1.807, 2.05) is 24.3 Å². The Balaban J connectivity index is 1.09. The Hall–Kier alpha value is -3.39. The van der Waals surface area contributed by atoms with Crippen molar-refractivity contribution in [3.8, 4) is 11.1 Å². The molecule has 0 aromatic heterocycles. The van der Waals surface area contributed by atoms with Crippen molar-refractivity contribution in [2.24, 2.45) is 5.92 Å². The average Bonchev–Trinajstić information content (AvgIpc) is 3.14. The van der Waals surface area contributed by atoms with Crippen LogP contribution in [0.5, 0.6) is 0 Å². The minimum Gasteiger partial charge on any atom is -0.480 e. The van der Waals surface area contributed by atoms with Gasteiger partial charge in [-0.05, 0) is 47.9 Å². The van der Waals surface area contributed by atoms with Gasteiger partial charge in [0, 0.05) is 24.9 Å². The SMILES string of the molecule is CC1OCCN(C(=O)CC2CC(NC(=O)OCC3c4ccccc4-c4ccccc43)C2)C1C(=O)O. The van der Waals surface area contributed by atoms with Gasteiger partial charge in [-0.15, -0.1) is 0 Å². The zero-order valence-corrected chi connectivity index (χ0v) is 19.7. The van der Waals surface area contributed by atoms with Crippen molar-refractivity contribution in [3.05, 3.63) is 59.7 Å². The maximum absolute atomic E-state index is 12.7. The molecule has 2 aromatic rings. The molecule has 1 heterocycles. The van der Waals surface area contributed by atoms with Crippen LogP contribution in [0.3, 0.4) is 0 Å². The second-order valence-corrected chi connectivity index (χ2v) is 9.65. The van der Waals surface area contributed by atoms with Crippen LogP contribution >= 0.6 is 0 Å². The average molecular weight is 479 g/mol. The number of ether oxygens (including phenoxy) is 2. The van der Waals surface area contributed by atoms with E-state index in [9.17, 15) is 19.5 Å². The number of carbonyl (C=O) groups is 3. The normalized spacial score (nSPS) is 25.2. The fourth-order valence-corrected chi connectivity index (χ4v) is 5.63. The maximum Gasteiger partial charge on any atom is 0.407 e. The highest BCUT2D eigenvalue weighted by Gasteiger charge is 2.40. The van der Waals surface area contributed by atoms with Crippen LogP contribution in [0.1, 0.15) is 43.2 Å². The topological polar surface area (TPSA) is 105 Å². The first kappa shape index (κ1) is 23.4. The third-order valence-electron chi connectivity index (χ3n) is 7.43. The molecule has 2 atom stereocenters. The van der Waals surface area contributed by atoms with Gasteiger partial charge in [-0.2, -0.15) is 0 Å². The van der Waals surface area contributed by atoms with E-state index in [2.05, 4.69) is 29.6 Å². The van der Waals surface area contributed by atoms with Crippen LogP contribution in [0.4, 0.5) is 4.79 Å². The first-order valence-electron chi connectivity index (χ1n) is 12.2. The molecule has 3 aliphatic rings. The van der Waals surface area contributed by atoms with Gasteiger partial charge in [0.05, 0.1) is 12.7 Å². The molecular formula is C27H30N2O6. The molecule has 1 saturated heterocycles. The number of amides is 2. The molecule has 2 fully saturated rings. The number of benzene rings is 2. The van der Waals surface area contributed by atoms with Crippen LogP contribution in [-0.2, 0) is 19.1 Å². The summed E-state index contributed by atoms with van der Waals surface area (Å²) in [6.45, 7) is 2.57. The number of carboxylic acids is 1. The lowest BCUT2D eigenvalue weighted by Crippen LogP contribution is -2.57. The largest absolute Gasteiger partial charge is 0.480 e. The van der Waals surface area contributed by atoms with Gasteiger partial charge in [-0.1, -0.05) is 48.5 Å². The molecule has 2 amide bonds. The third-order valence-corrected chi connectivity index (χ3v) is 7.43. The number of fused-ring (bicyclic) bond motifs is 3. The minimum atomic E-state index is -1.05. The molecular weight excluding hydrogens is 448 g/mol. The number of nitrogens with one attached hydrogen (secondary N) is 1. The maximum atomic E-state index is 12.7. The number of carboxylic acid groups (broad SMARTS) is 1. The summed E-state index contributed by atoms with van der Waals surface area (Å²) in [6, 6.07) is 15.4. The molecule has 1 saturated carbocycles. The van der Waals surface area contributed by atoms with Crippen molar-refractivity contribution >= 4 is 18.0 Å². The minimum absolute atomic E-state index is 0.0120. The summed E-state index contributed by atoms with van der Waals surface area (Å²) in [5.74, 6) is -1.09. The van der Waals surface area contributed by atoms with Crippen LogP contribution in [0.25, 0.3) is 11.1 Å². The molecule has 0 radical (unpaired) electrons. The molecule has 8 nitrogen and oxygen atoms in total. The van der Waals surface area contributed by atoms with Crippen LogP contribution in [0.2, 0.25) is 0 Å². The Bertz CT molecular complexity index is 1080. The molecule has 2 unspecified atom stereocenters. The molecule has 5 rings (SSSR count). The van der Waals surface area contributed by atoms with Gasteiger partial charge in [0.25, 0.3) is 0 Å². The van der Waals surface area contributed by atoms with Crippen molar-refractivity contribution in [1.29, 1.82) is 0 Å². The molecule has 0 spiro atoms. The number of nitrogens with zero attached hydrogens (tertiary/aromatic N) is 1. The molecule has 184 valence electrons. The number of hydrogen-bond acceptors (Lipinski definition) is 5. The zero-order valence-electron chi connectivity index (χ0n) is 19.7. The Kier molecular flexibility index (Phi) is 6.47. The van der Waals surface area contributed by atoms with E-state index in [4.69, 9.17) is 9.47 Å². The van der Waals surface area contributed by atoms with Crippen molar-refractivity contribution in [2.45, 2.75) is 50.3 Å². The predicted octanol–water partition coefficient (Wildman–Crippen LogP) is 3.39. The van der Waals surface area contributed by atoms with Gasteiger partial charge in [-0.25, -0.2) is 9.59 Å². The van der Waals surface area contributed by atoms with Crippen molar-refractivity contribution in [3.63, 3.8) is 0 Å². The lowest BCUT2D eigenvalue weighted by atomic mass is 9.78. The number of carbonyl (C=O) groups excluding carboxylic acids is 2. The lowest BCUT2D eigenvalue weighted by molar-refractivity contribution is -0.165. The summed E-state index contributed by atoms with van der Waals surface area (Å²) >= 11 is 0. The zero-order chi connectivity index (χ0) is 24.5. The van der Waals surface area contributed by atoms with Gasteiger partial charge in [0.2, 0.25) is 5.91 Å². The monoisotopic (exact) mass is 478 g/mol. The van der Waals surface area contributed by atoms with E-state index in [1.165, 1.54) is 27.2 Å². The van der Waals surface area contributed by atoms with Gasteiger partial charge in [0.15, 0.2) is 6.04 Å². The summed E-state index contributed by atoms with van der Waals surface area (Å²) in [5.41, 5.74) is 4.70. The van der Waals surface area contributed by atoms with Gasteiger partial charge in [-0.3, -0.25) is 4.79 Å². The Morgan fingerprint density at radius 3 is 2.31 bits per heavy atom. The molecule has 8 heteroatoms. The van der Waals surface area contributed by atoms with Crippen LogP contribution in [0, 0.1) is 5.92 Å². The highest BCUT2D eigenvalue weighted by Crippen LogP contribution is 2.44. The number of alkyl carbamates (subject to hydrolysis) is 1. The number of hydrogen-bond donors (Lipinski definition) is 2. The van der Waals surface area contributed by atoms with Crippen molar-refractivity contribution < 1.29 is 29.0 Å². The summed E-state index contributed by atoms with van der Waals surface area (Å²) < 4.78 is 11.0. The van der Waals surface area contributed by atoms with E-state index in [1.54, 1.807) is 6.92 Å². The Labute approximate surface area is 204 Å². The fourth-order valence-electron chi connectivity index (χ4n) is 5.63. The first-order chi connectivity index (χ1) is 16.9. The molecule has 2 aliphatic carbocycles. The van der Waals surface area contributed by atoms with E-state index >= 15 is 0 Å². The summed E-state index contributed by atoms with van der Waals surface area (Å²) in [4.78, 5) is 38.2. The standard InChI is InChI=1S/C27H30N2O6/c1-16-25(26(31)32)29(10-11-34-16)24(30)14-17-12-18(13-17)28-27(33)35-15-23-21-8-4-2-6-19(21)20-7-3-5-9-22(20)23/h2-9,16-18,23,25H,10-15H2,1H3,(H,28,33)(H,31,32). The molecule has 0 bridgehead atoms. The number of morpholine rings is 1. The summed E-state index contributed by atoms with van der Waals surface area (Å²) in [6.07, 6.45) is 0.643. The molecule has 2 N–H and O–H groups in total. The molecule has 2 aromatic carbocycles. The van der Waals surface area contributed by atoms with Gasteiger partial charge < -0.3 is 24.8 Å². The van der Waals surface area contributed by atoms with E-state index in [-0.39, 0.29) is 43.4 Å². The van der Waals surface area contributed by atoms with E-state index in [0.29, 0.717) is 19.4 Å². The van der Waals surface area contributed by atoms with E-state index < -0.39 is 24.2 Å². The van der Waals surface area contributed by atoms with E-state index in [0.717, 1.165) is 0 Å². The summed E-state index contributed by atoms with van der Waals surface area (Å²) in [7, 11) is 0. The van der Waals surface area contributed by atoms with Gasteiger partial charge >= 0.3 is 12.1 Å². The second-order valence-electron chi connectivity index (χ2n) is 9.65. The highest BCUT2D eigenvalue weighted by molar-refractivity contribution is 5.84. The third kappa shape index (κ3) is 4.62. The van der Waals surface area contributed by atoms with Crippen molar-refractivity contribution in [2.75, 3.05) is 19.8 Å². The summed E-state index contributed by atoms with van der Waals surface area (Å²) in [5, 5.41) is 12.4. The molecule has 1 aliphatic heterocycles. The highest BCUT2D eigenvalue weighted by atomic mass is 16.5. The fraction of sp³-hybridized carbons (Fsp3) is 0.444. The molecule has 35 heavy (non-hydrogen) atoms. The predicted molar refractivity (Wildman–Crippen MR) is 128 cm³/mol. The second kappa shape index (κ2) is 9.70. The lowest BCUT2D eigenvalue weighted by Gasteiger charge is -2.40. The van der Waals surface area contributed by atoms with Crippen molar-refractivity contribution in [1.82, 2.24) is 10.2 Å². The van der Waals surface area contributed by atoms with Crippen LogP contribution in [-0.4, -0.2) is 65.9 Å². The Morgan fingerprint density at radius 2 is 1.69 bits per heavy atom. The smallest absolute Gasteiger partial charge is 0.407 e. The number of rotatable bonds is 6. The first-order valence-corrected chi connectivity index (χ1v) is 12.2. The number of aliphatic carboxylic acids is 1.